The maximum absolute atomic E-state index is 13.1. The second-order valence-electron chi connectivity index (χ2n) is 7.35. The first kappa shape index (κ1) is 20.9. The van der Waals surface area contributed by atoms with Crippen molar-refractivity contribution in [3.05, 3.63) is 101 Å². The highest BCUT2D eigenvalue weighted by Crippen LogP contribution is 2.43. The smallest absolute Gasteiger partial charge is 0.416 e. The lowest BCUT2D eigenvalue weighted by Gasteiger charge is -2.35. The molecule has 1 heterocycles. The maximum atomic E-state index is 13.1. The highest BCUT2D eigenvalue weighted by atomic mass is 19.4. The molecule has 1 atom stereocenters. The Balaban J connectivity index is 1.72. The minimum atomic E-state index is -4.49. The molecule has 160 valence electrons. The van der Waals surface area contributed by atoms with Crippen molar-refractivity contribution in [3.8, 4) is 5.75 Å². The van der Waals surface area contributed by atoms with Crippen LogP contribution < -0.4 is 4.74 Å². The SMILES string of the molecule is COc1cccc(CCN2C(=O)c3ccccc3C2(O)c2ccc(C(F)(F)F)cc2)c1. The number of benzene rings is 3. The van der Waals surface area contributed by atoms with Gasteiger partial charge in [0.05, 0.1) is 12.7 Å². The van der Waals surface area contributed by atoms with E-state index >= 15 is 0 Å². The summed E-state index contributed by atoms with van der Waals surface area (Å²) in [4.78, 5) is 14.4. The van der Waals surface area contributed by atoms with E-state index in [0.717, 1.165) is 17.7 Å². The van der Waals surface area contributed by atoms with Crippen molar-refractivity contribution in [1.29, 1.82) is 0 Å². The summed E-state index contributed by atoms with van der Waals surface area (Å²) in [5.41, 5.74) is -0.903. The van der Waals surface area contributed by atoms with E-state index in [1.807, 2.05) is 18.2 Å². The number of halogens is 3. The van der Waals surface area contributed by atoms with Crippen molar-refractivity contribution in [1.82, 2.24) is 4.90 Å². The van der Waals surface area contributed by atoms with Gasteiger partial charge in [-0.2, -0.15) is 13.2 Å². The molecular formula is C24H20F3NO3. The third-order valence-corrected chi connectivity index (χ3v) is 5.54. The van der Waals surface area contributed by atoms with Crippen molar-refractivity contribution < 1.29 is 27.8 Å². The molecule has 4 rings (SSSR count). The molecule has 1 unspecified atom stereocenters. The number of methoxy groups -OCH3 is 1. The fourth-order valence-corrected chi connectivity index (χ4v) is 3.95. The van der Waals surface area contributed by atoms with Crippen LogP contribution in [0.25, 0.3) is 0 Å². The van der Waals surface area contributed by atoms with Gasteiger partial charge in [-0.05, 0) is 42.3 Å². The molecule has 0 fully saturated rings. The van der Waals surface area contributed by atoms with E-state index in [2.05, 4.69) is 0 Å². The second kappa shape index (κ2) is 7.74. The highest BCUT2D eigenvalue weighted by Gasteiger charge is 2.49. The molecule has 0 aliphatic carbocycles. The molecule has 3 aromatic carbocycles. The lowest BCUT2D eigenvalue weighted by Crippen LogP contribution is -2.45. The first-order chi connectivity index (χ1) is 14.7. The number of carbonyl (C=O) groups is 1. The Bertz CT molecular complexity index is 1110. The minimum Gasteiger partial charge on any atom is -0.497 e. The lowest BCUT2D eigenvalue weighted by molar-refractivity contribution is -0.137. The fourth-order valence-electron chi connectivity index (χ4n) is 3.95. The summed E-state index contributed by atoms with van der Waals surface area (Å²) < 4.78 is 44.2. The van der Waals surface area contributed by atoms with Crippen LogP contribution in [0.1, 0.15) is 32.6 Å². The maximum Gasteiger partial charge on any atom is 0.416 e. The second-order valence-corrected chi connectivity index (χ2v) is 7.35. The summed E-state index contributed by atoms with van der Waals surface area (Å²) >= 11 is 0. The van der Waals surface area contributed by atoms with Crippen molar-refractivity contribution in [2.45, 2.75) is 18.3 Å². The Morgan fingerprint density at radius 2 is 1.71 bits per heavy atom. The van der Waals surface area contributed by atoms with E-state index in [9.17, 15) is 23.1 Å². The van der Waals surface area contributed by atoms with Gasteiger partial charge in [0, 0.05) is 23.2 Å². The number of amides is 1. The molecule has 0 bridgehead atoms. The Labute approximate surface area is 177 Å². The molecule has 1 N–H and O–H groups in total. The Kier molecular flexibility index (Phi) is 5.23. The topological polar surface area (TPSA) is 49.8 Å². The van der Waals surface area contributed by atoms with Crippen LogP contribution in [0.15, 0.2) is 72.8 Å². The Hall–Kier alpha value is -3.32. The zero-order valence-corrected chi connectivity index (χ0v) is 16.7. The Morgan fingerprint density at radius 3 is 2.39 bits per heavy atom. The van der Waals surface area contributed by atoms with Crippen LogP contribution in [0.3, 0.4) is 0 Å². The zero-order valence-electron chi connectivity index (χ0n) is 16.7. The number of carbonyl (C=O) groups excluding carboxylic acids is 1. The van der Waals surface area contributed by atoms with Crippen LogP contribution in [-0.2, 0) is 18.3 Å². The standard InChI is InChI=1S/C24H20F3NO3/c1-31-19-6-4-5-16(15-19)13-14-28-22(29)20-7-2-3-8-21(20)23(28,30)17-9-11-18(12-10-17)24(25,26)27/h2-12,15,30H,13-14H2,1H3. The molecule has 7 heteroatoms. The van der Waals surface area contributed by atoms with Crippen molar-refractivity contribution >= 4 is 5.91 Å². The summed E-state index contributed by atoms with van der Waals surface area (Å²) in [6, 6.07) is 18.2. The van der Waals surface area contributed by atoms with E-state index in [1.165, 1.54) is 17.0 Å². The summed E-state index contributed by atoms with van der Waals surface area (Å²) in [5, 5.41) is 11.7. The number of hydrogen-bond acceptors (Lipinski definition) is 3. The molecule has 1 aliphatic rings. The van der Waals surface area contributed by atoms with Gasteiger partial charge in [-0.25, -0.2) is 0 Å². The quantitative estimate of drug-likeness (QED) is 0.647. The highest BCUT2D eigenvalue weighted by molar-refractivity contribution is 6.00. The molecule has 3 aromatic rings. The largest absolute Gasteiger partial charge is 0.497 e. The van der Waals surface area contributed by atoms with Crippen LogP contribution >= 0.6 is 0 Å². The van der Waals surface area contributed by atoms with E-state index in [0.29, 0.717) is 23.3 Å². The van der Waals surface area contributed by atoms with E-state index in [1.54, 1.807) is 37.4 Å². The van der Waals surface area contributed by atoms with Gasteiger partial charge in [0.2, 0.25) is 0 Å². The van der Waals surface area contributed by atoms with Gasteiger partial charge in [-0.15, -0.1) is 0 Å². The average molecular weight is 427 g/mol. The normalized spacial score (nSPS) is 18.2. The summed E-state index contributed by atoms with van der Waals surface area (Å²) in [6.07, 6.45) is -4.06. The molecule has 0 spiro atoms. The molecule has 1 aliphatic heterocycles. The molecule has 31 heavy (non-hydrogen) atoms. The molecule has 0 saturated carbocycles. The van der Waals surface area contributed by atoms with Gasteiger partial charge in [-0.1, -0.05) is 42.5 Å². The summed E-state index contributed by atoms with van der Waals surface area (Å²) in [6.45, 7) is 0.165. The number of aliphatic hydroxyl groups is 1. The number of hydrogen-bond donors (Lipinski definition) is 1. The van der Waals surface area contributed by atoms with Gasteiger partial charge in [-0.3, -0.25) is 4.79 Å². The van der Waals surface area contributed by atoms with Crippen molar-refractivity contribution in [2.24, 2.45) is 0 Å². The van der Waals surface area contributed by atoms with Gasteiger partial charge < -0.3 is 14.7 Å². The lowest BCUT2D eigenvalue weighted by atomic mass is 9.93. The van der Waals surface area contributed by atoms with Gasteiger partial charge in [0.25, 0.3) is 5.91 Å². The summed E-state index contributed by atoms with van der Waals surface area (Å²) in [7, 11) is 1.56. The number of fused-ring (bicyclic) bond motifs is 1. The minimum absolute atomic E-state index is 0.165. The molecule has 0 radical (unpaired) electrons. The number of nitrogens with zero attached hydrogens (tertiary/aromatic N) is 1. The number of alkyl halides is 3. The van der Waals surface area contributed by atoms with Crippen LogP contribution in [0.5, 0.6) is 5.75 Å². The van der Waals surface area contributed by atoms with Gasteiger partial charge in [0.1, 0.15) is 5.75 Å². The van der Waals surface area contributed by atoms with Crippen LogP contribution in [0.2, 0.25) is 0 Å². The fraction of sp³-hybridized carbons (Fsp3) is 0.208. The summed E-state index contributed by atoms with van der Waals surface area (Å²) in [5.74, 6) is 0.299. The van der Waals surface area contributed by atoms with E-state index in [4.69, 9.17) is 4.74 Å². The third kappa shape index (κ3) is 3.65. The first-order valence-corrected chi connectivity index (χ1v) is 9.69. The third-order valence-electron chi connectivity index (χ3n) is 5.54. The van der Waals surface area contributed by atoms with Crippen LogP contribution in [0.4, 0.5) is 13.2 Å². The van der Waals surface area contributed by atoms with Crippen molar-refractivity contribution in [2.75, 3.05) is 13.7 Å². The molecule has 0 aromatic heterocycles. The predicted octanol–water partition coefficient (Wildman–Crippen LogP) is 4.61. The molecular weight excluding hydrogens is 407 g/mol. The predicted molar refractivity (Wildman–Crippen MR) is 109 cm³/mol. The zero-order chi connectivity index (χ0) is 22.2. The average Bonchev–Trinajstić information content (AvgIpc) is 3.00. The number of ether oxygens (including phenoxy) is 1. The molecule has 0 saturated heterocycles. The molecule has 1 amide bonds. The monoisotopic (exact) mass is 427 g/mol. The van der Waals surface area contributed by atoms with E-state index < -0.39 is 17.5 Å². The molecule has 4 nitrogen and oxygen atoms in total. The van der Waals surface area contributed by atoms with Gasteiger partial charge in [0.15, 0.2) is 5.72 Å². The first-order valence-electron chi connectivity index (χ1n) is 9.69. The van der Waals surface area contributed by atoms with Crippen LogP contribution in [0, 0.1) is 0 Å². The number of rotatable bonds is 5. The van der Waals surface area contributed by atoms with E-state index in [-0.39, 0.29) is 18.0 Å². The van der Waals surface area contributed by atoms with Gasteiger partial charge >= 0.3 is 6.18 Å². The van der Waals surface area contributed by atoms with Crippen molar-refractivity contribution in [3.63, 3.8) is 0 Å². The Morgan fingerprint density at radius 1 is 1.00 bits per heavy atom. The van der Waals surface area contributed by atoms with Crippen LogP contribution in [-0.4, -0.2) is 29.6 Å².